The van der Waals surface area contributed by atoms with E-state index in [0.29, 0.717) is 15.7 Å². The predicted molar refractivity (Wildman–Crippen MR) is 112 cm³/mol. The summed E-state index contributed by atoms with van der Waals surface area (Å²) < 4.78 is 0. The van der Waals surface area contributed by atoms with E-state index in [1.165, 1.54) is 5.56 Å². The average molecular weight is 400 g/mol. The Balaban J connectivity index is 1.71. The number of hydrogen-bond acceptors (Lipinski definition) is 2. The highest BCUT2D eigenvalue weighted by Gasteiger charge is 2.13. The molecule has 138 valence electrons. The Hall–Kier alpha value is -2.49. The third-order valence-electron chi connectivity index (χ3n) is 4.51. The van der Waals surface area contributed by atoms with Gasteiger partial charge in [0.05, 0.1) is 21.3 Å². The van der Waals surface area contributed by atoms with Gasteiger partial charge in [0.25, 0.3) is 0 Å². The van der Waals surface area contributed by atoms with Crippen molar-refractivity contribution in [3.63, 3.8) is 0 Å². The molecule has 0 atom stereocenters. The van der Waals surface area contributed by atoms with Gasteiger partial charge in [0.15, 0.2) is 0 Å². The fourth-order valence-corrected chi connectivity index (χ4v) is 3.28. The summed E-state index contributed by atoms with van der Waals surface area (Å²) in [6.07, 6.45) is 1.75. The van der Waals surface area contributed by atoms with E-state index in [1.54, 1.807) is 12.1 Å². The van der Waals surface area contributed by atoms with Crippen molar-refractivity contribution in [2.75, 3.05) is 11.9 Å². The lowest BCUT2D eigenvalue weighted by atomic mass is 10.0. The van der Waals surface area contributed by atoms with Gasteiger partial charge < -0.3 is 10.0 Å². The Morgan fingerprint density at radius 3 is 2.19 bits per heavy atom. The number of para-hydroxylation sites is 1. The van der Waals surface area contributed by atoms with E-state index < -0.39 is 5.97 Å². The van der Waals surface area contributed by atoms with E-state index in [-0.39, 0.29) is 5.56 Å². The van der Waals surface area contributed by atoms with Crippen LogP contribution in [0.25, 0.3) is 0 Å². The van der Waals surface area contributed by atoms with E-state index in [1.807, 2.05) is 54.4 Å². The van der Waals surface area contributed by atoms with Crippen molar-refractivity contribution in [1.29, 1.82) is 0 Å². The van der Waals surface area contributed by atoms with E-state index in [4.69, 9.17) is 23.2 Å². The van der Waals surface area contributed by atoms with Gasteiger partial charge in [-0.1, -0.05) is 53.5 Å². The van der Waals surface area contributed by atoms with E-state index >= 15 is 0 Å². The number of anilines is 2. The van der Waals surface area contributed by atoms with Crippen molar-refractivity contribution >= 4 is 40.5 Å². The van der Waals surface area contributed by atoms with Gasteiger partial charge in [-0.05, 0) is 60.4 Å². The number of carboxylic acid groups (broad SMARTS) is 1. The monoisotopic (exact) mass is 399 g/mol. The number of carbonyl (C=O) groups is 1. The fourth-order valence-electron chi connectivity index (χ4n) is 2.96. The number of aromatic carboxylic acids is 1. The Labute approximate surface area is 168 Å². The molecule has 1 N–H and O–H groups in total. The first-order valence-electron chi connectivity index (χ1n) is 8.54. The van der Waals surface area contributed by atoms with Crippen LogP contribution in [0.1, 0.15) is 21.5 Å². The van der Waals surface area contributed by atoms with E-state index in [0.717, 1.165) is 24.1 Å². The first-order chi connectivity index (χ1) is 13.0. The van der Waals surface area contributed by atoms with E-state index in [9.17, 15) is 9.90 Å². The van der Waals surface area contributed by atoms with Crippen LogP contribution in [0.3, 0.4) is 0 Å². The molecule has 0 aromatic heterocycles. The molecule has 0 fully saturated rings. The van der Waals surface area contributed by atoms with Crippen LogP contribution in [0.5, 0.6) is 0 Å². The second-order valence-corrected chi connectivity index (χ2v) is 7.11. The molecule has 3 rings (SSSR count). The molecule has 0 amide bonds. The van der Waals surface area contributed by atoms with Crippen LogP contribution in [-0.2, 0) is 12.8 Å². The van der Waals surface area contributed by atoms with Crippen molar-refractivity contribution in [3.05, 3.63) is 93.5 Å². The Bertz CT molecular complexity index is 955. The summed E-state index contributed by atoms with van der Waals surface area (Å²) in [6, 6.07) is 20.8. The molecule has 0 heterocycles. The second-order valence-electron chi connectivity index (χ2n) is 6.30. The lowest BCUT2D eigenvalue weighted by molar-refractivity contribution is 0.0697. The molecule has 0 saturated heterocycles. The highest BCUT2D eigenvalue weighted by Crippen LogP contribution is 2.28. The molecule has 0 unspecified atom stereocenters. The highest BCUT2D eigenvalue weighted by molar-refractivity contribution is 6.42. The maximum Gasteiger partial charge on any atom is 0.337 e. The molecule has 0 aliphatic carbocycles. The molecule has 0 saturated carbocycles. The maximum absolute atomic E-state index is 11.4. The number of hydrogen-bond donors (Lipinski definition) is 1. The molecule has 0 aliphatic heterocycles. The molecule has 3 nitrogen and oxygen atoms in total. The smallest absolute Gasteiger partial charge is 0.337 e. The van der Waals surface area contributed by atoms with Crippen molar-refractivity contribution in [1.82, 2.24) is 0 Å². The van der Waals surface area contributed by atoms with Crippen LogP contribution in [-0.4, -0.2) is 18.1 Å². The van der Waals surface area contributed by atoms with Gasteiger partial charge in [-0.3, -0.25) is 0 Å². The third kappa shape index (κ3) is 4.62. The first kappa shape index (κ1) is 19.3. The van der Waals surface area contributed by atoms with Crippen molar-refractivity contribution < 1.29 is 9.90 Å². The summed E-state index contributed by atoms with van der Waals surface area (Å²) in [5.74, 6) is -0.935. The first-order valence-corrected chi connectivity index (χ1v) is 9.30. The Kier molecular flexibility index (Phi) is 6.04. The van der Waals surface area contributed by atoms with Crippen molar-refractivity contribution in [2.45, 2.75) is 12.8 Å². The zero-order valence-corrected chi connectivity index (χ0v) is 16.3. The summed E-state index contributed by atoms with van der Waals surface area (Å²) in [5.41, 5.74) is 4.21. The minimum absolute atomic E-state index is 0.281. The molecular formula is C22H19Cl2NO2. The minimum atomic E-state index is -0.935. The van der Waals surface area contributed by atoms with E-state index in [2.05, 4.69) is 12.1 Å². The van der Waals surface area contributed by atoms with Crippen LogP contribution in [0.2, 0.25) is 10.0 Å². The molecule has 27 heavy (non-hydrogen) atoms. The predicted octanol–water partition coefficient (Wildman–Crippen LogP) is 6.24. The van der Waals surface area contributed by atoms with Gasteiger partial charge in [0, 0.05) is 12.7 Å². The normalized spacial score (nSPS) is 10.6. The standard InChI is InChI=1S/C22H19Cl2NO2/c1-25(21-5-3-2-4-18(21)22(26)27)17-11-8-15(9-12-17)6-7-16-10-13-19(23)20(24)14-16/h2-5,8-14H,6-7H2,1H3,(H,26,27). The maximum atomic E-state index is 11.4. The molecule has 0 spiro atoms. The molecule has 0 bridgehead atoms. The zero-order chi connectivity index (χ0) is 19.4. The van der Waals surface area contributed by atoms with Crippen LogP contribution >= 0.6 is 23.2 Å². The van der Waals surface area contributed by atoms with Crippen LogP contribution < -0.4 is 4.90 Å². The van der Waals surface area contributed by atoms with Gasteiger partial charge in [-0.25, -0.2) is 4.79 Å². The van der Waals surface area contributed by atoms with Crippen LogP contribution in [0, 0.1) is 0 Å². The van der Waals surface area contributed by atoms with Crippen LogP contribution in [0.4, 0.5) is 11.4 Å². The summed E-state index contributed by atoms with van der Waals surface area (Å²) in [5, 5.41) is 10.5. The molecule has 0 aliphatic rings. The molecule has 0 radical (unpaired) electrons. The Morgan fingerprint density at radius 2 is 1.52 bits per heavy atom. The largest absolute Gasteiger partial charge is 0.478 e. The number of aryl methyl sites for hydroxylation is 2. The van der Waals surface area contributed by atoms with Crippen molar-refractivity contribution in [3.8, 4) is 0 Å². The number of benzene rings is 3. The van der Waals surface area contributed by atoms with Gasteiger partial charge in [0.2, 0.25) is 0 Å². The number of carboxylic acids is 1. The molecule has 5 heteroatoms. The lowest BCUT2D eigenvalue weighted by Gasteiger charge is -2.21. The molecule has 3 aromatic rings. The Morgan fingerprint density at radius 1 is 0.889 bits per heavy atom. The molecular weight excluding hydrogens is 381 g/mol. The fraction of sp³-hybridized carbons (Fsp3) is 0.136. The number of halogens is 2. The minimum Gasteiger partial charge on any atom is -0.478 e. The topological polar surface area (TPSA) is 40.5 Å². The number of nitrogens with zero attached hydrogens (tertiary/aromatic N) is 1. The summed E-state index contributed by atoms with van der Waals surface area (Å²) in [6.45, 7) is 0. The van der Waals surface area contributed by atoms with Gasteiger partial charge in [-0.15, -0.1) is 0 Å². The summed E-state index contributed by atoms with van der Waals surface area (Å²) in [7, 11) is 1.87. The van der Waals surface area contributed by atoms with Gasteiger partial charge >= 0.3 is 5.97 Å². The average Bonchev–Trinajstić information content (AvgIpc) is 2.68. The quantitative estimate of drug-likeness (QED) is 0.532. The van der Waals surface area contributed by atoms with Crippen molar-refractivity contribution in [2.24, 2.45) is 0 Å². The number of rotatable bonds is 6. The van der Waals surface area contributed by atoms with Gasteiger partial charge in [-0.2, -0.15) is 0 Å². The summed E-state index contributed by atoms with van der Waals surface area (Å²) in [4.78, 5) is 13.3. The highest BCUT2D eigenvalue weighted by atomic mass is 35.5. The lowest BCUT2D eigenvalue weighted by Crippen LogP contribution is -2.13. The third-order valence-corrected chi connectivity index (χ3v) is 5.24. The molecule has 3 aromatic carbocycles. The van der Waals surface area contributed by atoms with Gasteiger partial charge in [0.1, 0.15) is 0 Å². The summed E-state index contributed by atoms with van der Waals surface area (Å²) >= 11 is 12.0. The van der Waals surface area contributed by atoms with Crippen LogP contribution in [0.15, 0.2) is 66.7 Å². The second kappa shape index (κ2) is 8.47. The zero-order valence-electron chi connectivity index (χ0n) is 14.8. The SMILES string of the molecule is CN(c1ccc(CCc2ccc(Cl)c(Cl)c2)cc1)c1ccccc1C(=O)O.